The van der Waals surface area contributed by atoms with Gasteiger partial charge in [0.05, 0.1) is 21.9 Å². The van der Waals surface area contributed by atoms with E-state index in [1.165, 1.54) is 0 Å². The van der Waals surface area contributed by atoms with E-state index in [0.717, 1.165) is 0 Å². The lowest BCUT2D eigenvalue weighted by Gasteiger charge is -2.20. The summed E-state index contributed by atoms with van der Waals surface area (Å²) in [7, 11) is 0. The van der Waals surface area contributed by atoms with Gasteiger partial charge in [-0.3, -0.25) is 9.59 Å². The summed E-state index contributed by atoms with van der Waals surface area (Å²) >= 11 is 15.2. The number of benzene rings is 2. The number of nitrogens with one attached hydrogen (secondary N) is 1. The van der Waals surface area contributed by atoms with Crippen LogP contribution in [0.4, 0.5) is 0 Å². The van der Waals surface area contributed by atoms with E-state index in [1.54, 1.807) is 41.3 Å². The fourth-order valence-corrected chi connectivity index (χ4v) is 3.58. The van der Waals surface area contributed by atoms with Gasteiger partial charge in [-0.15, -0.1) is 0 Å². The third-order valence-electron chi connectivity index (χ3n) is 4.04. The molecule has 0 saturated carbocycles. The second-order valence-electron chi connectivity index (χ2n) is 5.95. The third-order valence-corrected chi connectivity index (χ3v) is 5.13. The number of amides is 1. The zero-order valence-electron chi connectivity index (χ0n) is 14.8. The molecule has 0 fully saturated rings. The number of halogens is 3. The number of aromatic amines is 1. The van der Waals surface area contributed by atoms with Gasteiger partial charge in [0.1, 0.15) is 11.6 Å². The molecule has 1 heterocycles. The molecule has 146 valence electrons. The van der Waals surface area contributed by atoms with Crippen LogP contribution in [0.1, 0.15) is 12.7 Å². The number of hydrogen-bond donors (Lipinski definition) is 1. The molecular formula is C19H16BrCl2N3O3. The molecule has 1 amide bonds. The van der Waals surface area contributed by atoms with Crippen molar-refractivity contribution in [1.82, 2.24) is 14.9 Å². The lowest BCUT2D eigenvalue weighted by atomic mass is 10.2. The Balaban J connectivity index is 1.73. The average Bonchev–Trinajstić information content (AvgIpc) is 2.64. The van der Waals surface area contributed by atoms with Crippen molar-refractivity contribution in [3.63, 3.8) is 0 Å². The summed E-state index contributed by atoms with van der Waals surface area (Å²) < 4.78 is 6.24. The van der Waals surface area contributed by atoms with Crippen LogP contribution in [0.5, 0.6) is 5.75 Å². The van der Waals surface area contributed by atoms with E-state index < -0.39 is 0 Å². The molecule has 0 aliphatic heterocycles. The van der Waals surface area contributed by atoms with Crippen LogP contribution < -0.4 is 10.3 Å². The number of aromatic nitrogens is 2. The molecule has 6 nitrogen and oxygen atoms in total. The second-order valence-corrected chi connectivity index (χ2v) is 7.67. The number of carbonyl (C=O) groups excluding carboxylic acids is 1. The first-order valence-corrected chi connectivity index (χ1v) is 9.96. The normalized spacial score (nSPS) is 10.9. The zero-order valence-corrected chi connectivity index (χ0v) is 17.9. The number of rotatable bonds is 6. The third kappa shape index (κ3) is 4.84. The smallest absolute Gasteiger partial charge is 0.260 e. The number of carbonyl (C=O) groups is 1. The van der Waals surface area contributed by atoms with Gasteiger partial charge in [-0.25, -0.2) is 4.98 Å². The first-order valence-electron chi connectivity index (χ1n) is 8.41. The monoisotopic (exact) mass is 483 g/mol. The topological polar surface area (TPSA) is 75.3 Å². The Hall–Kier alpha value is -2.09. The van der Waals surface area contributed by atoms with E-state index in [4.69, 9.17) is 27.9 Å². The molecule has 0 unspecified atom stereocenters. The van der Waals surface area contributed by atoms with Gasteiger partial charge in [0.15, 0.2) is 6.61 Å². The number of hydrogen-bond acceptors (Lipinski definition) is 4. The Morgan fingerprint density at radius 1 is 1.21 bits per heavy atom. The van der Waals surface area contributed by atoms with Gasteiger partial charge in [-0.1, -0.05) is 23.2 Å². The summed E-state index contributed by atoms with van der Waals surface area (Å²) in [5, 5.41) is 1.49. The molecule has 9 heteroatoms. The van der Waals surface area contributed by atoms with Crippen molar-refractivity contribution >= 4 is 55.9 Å². The lowest BCUT2D eigenvalue weighted by Crippen LogP contribution is -2.35. The van der Waals surface area contributed by atoms with Gasteiger partial charge >= 0.3 is 0 Å². The molecule has 0 atom stereocenters. The predicted molar refractivity (Wildman–Crippen MR) is 113 cm³/mol. The van der Waals surface area contributed by atoms with Crippen LogP contribution in [-0.4, -0.2) is 33.9 Å². The Bertz CT molecular complexity index is 1090. The quantitative estimate of drug-likeness (QED) is 0.561. The molecule has 0 spiro atoms. The van der Waals surface area contributed by atoms with E-state index in [9.17, 15) is 9.59 Å². The van der Waals surface area contributed by atoms with Crippen LogP contribution in [0, 0.1) is 0 Å². The van der Waals surface area contributed by atoms with Gasteiger partial charge in [0.25, 0.3) is 11.5 Å². The highest BCUT2D eigenvalue weighted by atomic mass is 79.9. The highest BCUT2D eigenvalue weighted by molar-refractivity contribution is 9.10. The van der Waals surface area contributed by atoms with Gasteiger partial charge in [-0.05, 0) is 59.3 Å². The fraction of sp³-hybridized carbons (Fsp3) is 0.211. The summed E-state index contributed by atoms with van der Waals surface area (Å²) in [5.74, 6) is 0.654. The molecule has 2 aromatic carbocycles. The molecule has 1 aromatic heterocycles. The predicted octanol–water partition coefficient (Wildman–Crippen LogP) is 4.42. The Morgan fingerprint density at radius 3 is 2.64 bits per heavy atom. The van der Waals surface area contributed by atoms with Gasteiger partial charge in [0.2, 0.25) is 0 Å². The van der Waals surface area contributed by atoms with Gasteiger partial charge in [-0.2, -0.15) is 0 Å². The summed E-state index contributed by atoms with van der Waals surface area (Å²) in [6.07, 6.45) is 0. The van der Waals surface area contributed by atoms with Gasteiger partial charge in [0, 0.05) is 16.6 Å². The highest BCUT2D eigenvalue weighted by Gasteiger charge is 2.16. The molecule has 28 heavy (non-hydrogen) atoms. The molecule has 0 aliphatic rings. The Labute approximate surface area is 179 Å². The van der Waals surface area contributed by atoms with Crippen molar-refractivity contribution in [2.24, 2.45) is 0 Å². The maximum atomic E-state index is 12.6. The molecule has 3 rings (SSSR count). The average molecular weight is 485 g/mol. The number of nitrogens with zero attached hydrogens (tertiary/aromatic N) is 2. The Kier molecular flexibility index (Phi) is 6.59. The number of likely N-dealkylation sites (N-methyl/N-ethyl adjacent to an activating group) is 1. The molecule has 1 N–H and O–H groups in total. The summed E-state index contributed by atoms with van der Waals surface area (Å²) in [6, 6.07) is 9.92. The molecule has 0 radical (unpaired) electrons. The lowest BCUT2D eigenvalue weighted by molar-refractivity contribution is -0.133. The molecule has 0 aliphatic carbocycles. The highest BCUT2D eigenvalue weighted by Crippen LogP contribution is 2.28. The first-order chi connectivity index (χ1) is 13.4. The van der Waals surface area contributed by atoms with E-state index in [-0.39, 0.29) is 24.6 Å². The summed E-state index contributed by atoms with van der Waals surface area (Å²) in [6.45, 7) is 2.27. The van der Waals surface area contributed by atoms with Crippen molar-refractivity contribution in [3.8, 4) is 5.75 Å². The van der Waals surface area contributed by atoms with Gasteiger partial charge < -0.3 is 14.6 Å². The maximum absolute atomic E-state index is 12.6. The van der Waals surface area contributed by atoms with E-state index in [1.807, 2.05) is 6.92 Å². The summed E-state index contributed by atoms with van der Waals surface area (Å²) in [5.41, 5.74) is 0.206. The van der Waals surface area contributed by atoms with E-state index in [0.29, 0.717) is 43.5 Å². The van der Waals surface area contributed by atoms with Crippen LogP contribution in [0.15, 0.2) is 45.7 Å². The second kappa shape index (κ2) is 8.94. The number of fused-ring (bicyclic) bond motifs is 1. The van der Waals surface area contributed by atoms with Crippen LogP contribution in [0.3, 0.4) is 0 Å². The SMILES string of the molecule is CCN(Cc1nc2cc(Cl)ccc2c(=O)[nH]1)C(=O)COc1ccc(Cl)cc1Br. The minimum absolute atomic E-state index is 0.151. The van der Waals surface area contributed by atoms with Crippen molar-refractivity contribution in [1.29, 1.82) is 0 Å². The van der Waals surface area contributed by atoms with Crippen molar-refractivity contribution in [3.05, 3.63) is 67.1 Å². The van der Waals surface area contributed by atoms with Crippen LogP contribution in [0.2, 0.25) is 10.0 Å². The van der Waals surface area contributed by atoms with Crippen molar-refractivity contribution in [2.45, 2.75) is 13.5 Å². The first kappa shape index (κ1) is 20.6. The maximum Gasteiger partial charge on any atom is 0.260 e. The summed E-state index contributed by atoms with van der Waals surface area (Å²) in [4.78, 5) is 33.5. The minimum atomic E-state index is -0.276. The largest absolute Gasteiger partial charge is 0.483 e. The van der Waals surface area contributed by atoms with Crippen molar-refractivity contribution < 1.29 is 9.53 Å². The number of H-pyrrole nitrogens is 1. The molecular weight excluding hydrogens is 469 g/mol. The van der Waals surface area contributed by atoms with E-state index >= 15 is 0 Å². The standard InChI is InChI=1S/C19H16BrCl2N3O3/c1-2-25(18(26)10-28-16-6-4-11(21)7-14(16)20)9-17-23-15-8-12(22)3-5-13(15)19(27)24-17/h3-8H,2,9-10H2,1H3,(H,23,24,27). The number of ether oxygens (including phenoxy) is 1. The zero-order chi connectivity index (χ0) is 20.3. The molecule has 0 bridgehead atoms. The van der Waals surface area contributed by atoms with Crippen molar-refractivity contribution in [2.75, 3.05) is 13.2 Å². The Morgan fingerprint density at radius 2 is 1.93 bits per heavy atom. The molecule has 0 saturated heterocycles. The fourth-order valence-electron chi connectivity index (χ4n) is 2.62. The van der Waals surface area contributed by atoms with E-state index in [2.05, 4.69) is 25.9 Å². The van der Waals surface area contributed by atoms with Crippen LogP contribution in [-0.2, 0) is 11.3 Å². The molecule has 3 aromatic rings. The van der Waals surface area contributed by atoms with Crippen LogP contribution >= 0.6 is 39.1 Å². The minimum Gasteiger partial charge on any atom is -0.483 e. The van der Waals surface area contributed by atoms with Crippen LogP contribution in [0.25, 0.3) is 10.9 Å².